The lowest BCUT2D eigenvalue weighted by molar-refractivity contribution is -0.116. The molecule has 0 aromatic heterocycles. The lowest BCUT2D eigenvalue weighted by Crippen LogP contribution is -2.24. The van der Waals surface area contributed by atoms with Gasteiger partial charge in [-0.15, -0.1) is 23.2 Å². The molecule has 2 atom stereocenters. The van der Waals surface area contributed by atoms with Gasteiger partial charge in [-0.1, -0.05) is 11.6 Å². The van der Waals surface area contributed by atoms with Crippen LogP contribution >= 0.6 is 34.8 Å². The Morgan fingerprint density at radius 1 is 1.39 bits per heavy atom. The van der Waals surface area contributed by atoms with Crippen molar-refractivity contribution < 1.29 is 9.59 Å². The predicted octanol–water partition coefficient (Wildman–Crippen LogP) is 3.27. The van der Waals surface area contributed by atoms with Gasteiger partial charge in [-0.25, -0.2) is 0 Å². The van der Waals surface area contributed by atoms with Crippen LogP contribution in [0.3, 0.4) is 0 Å². The van der Waals surface area contributed by atoms with E-state index in [1.165, 1.54) is 0 Å². The number of rotatable bonds is 6. The molecule has 1 aromatic rings. The number of alkyl halides is 2. The topological polar surface area (TPSA) is 46.2 Å². The number of halogens is 3. The van der Waals surface area contributed by atoms with Gasteiger partial charge in [0, 0.05) is 16.8 Å². The molecule has 0 fully saturated rings. The first-order valence-electron chi connectivity index (χ1n) is 5.24. The van der Waals surface area contributed by atoms with Crippen LogP contribution < -0.4 is 5.32 Å². The maximum Gasteiger partial charge on any atom is 0.242 e. The minimum absolute atomic E-state index is 0.327. The molecular weight excluding hydrogens is 296 g/mol. The molecule has 0 bridgehead atoms. The van der Waals surface area contributed by atoms with Gasteiger partial charge >= 0.3 is 0 Å². The van der Waals surface area contributed by atoms with Gasteiger partial charge in [-0.2, -0.15) is 0 Å². The smallest absolute Gasteiger partial charge is 0.242 e. The standard InChI is InChI=1S/C12H11Cl3NO2/c13-8-1-4-10(5-2-8)16-12(18)11(15)6-3-9(14)7-17/h1-2,4,7,9,11H,3,6H2,(H,16,18). The third kappa shape index (κ3) is 5.25. The zero-order valence-electron chi connectivity index (χ0n) is 9.33. The summed E-state index contributed by atoms with van der Waals surface area (Å²) < 4.78 is 0. The summed E-state index contributed by atoms with van der Waals surface area (Å²) in [6, 6.07) is 7.60. The van der Waals surface area contributed by atoms with Crippen molar-refractivity contribution in [1.29, 1.82) is 0 Å². The van der Waals surface area contributed by atoms with Crippen molar-refractivity contribution in [1.82, 2.24) is 0 Å². The first kappa shape index (κ1) is 15.3. The Hall–Kier alpha value is -0.770. The molecule has 0 saturated carbocycles. The highest BCUT2D eigenvalue weighted by molar-refractivity contribution is 6.33. The van der Waals surface area contributed by atoms with Gasteiger partial charge < -0.3 is 10.1 Å². The van der Waals surface area contributed by atoms with Crippen molar-refractivity contribution in [2.45, 2.75) is 23.6 Å². The molecule has 1 rings (SSSR count). The number of carbonyl (C=O) groups is 2. The minimum Gasteiger partial charge on any atom is -0.324 e. The van der Waals surface area contributed by atoms with Gasteiger partial charge in [0.2, 0.25) is 5.91 Å². The number of carbonyl (C=O) groups excluding carboxylic acids is 2. The van der Waals surface area contributed by atoms with E-state index in [1.54, 1.807) is 18.2 Å². The largest absolute Gasteiger partial charge is 0.324 e. The van der Waals surface area contributed by atoms with Crippen LogP contribution in [-0.4, -0.2) is 22.9 Å². The summed E-state index contributed by atoms with van der Waals surface area (Å²) in [5, 5.41) is 1.78. The maximum absolute atomic E-state index is 11.7. The molecule has 3 nitrogen and oxygen atoms in total. The molecule has 0 aliphatic carbocycles. The second-order valence-electron chi connectivity index (χ2n) is 3.61. The van der Waals surface area contributed by atoms with Crippen molar-refractivity contribution in [3.8, 4) is 0 Å². The molecule has 0 heterocycles. The zero-order chi connectivity index (χ0) is 13.5. The number of aldehydes is 1. The number of nitrogens with one attached hydrogen (secondary N) is 1. The predicted molar refractivity (Wildman–Crippen MR) is 73.5 cm³/mol. The maximum atomic E-state index is 11.7. The van der Waals surface area contributed by atoms with Crippen LogP contribution in [0.15, 0.2) is 18.2 Å². The Balaban J connectivity index is 2.44. The summed E-state index contributed by atoms with van der Waals surface area (Å²) in [5.74, 6) is -0.356. The van der Waals surface area contributed by atoms with E-state index in [-0.39, 0.29) is 5.91 Å². The van der Waals surface area contributed by atoms with Gasteiger partial charge in [-0.05, 0) is 31.0 Å². The molecule has 2 unspecified atom stereocenters. The van der Waals surface area contributed by atoms with E-state index >= 15 is 0 Å². The average molecular weight is 308 g/mol. The Morgan fingerprint density at radius 2 is 2.11 bits per heavy atom. The number of benzene rings is 1. The first-order chi connectivity index (χ1) is 8.52. The summed E-state index contributed by atoms with van der Waals surface area (Å²) in [5.41, 5.74) is 0.493. The van der Waals surface area contributed by atoms with Crippen LogP contribution in [0.4, 0.5) is 5.69 Å². The van der Waals surface area contributed by atoms with Gasteiger partial charge in [0.25, 0.3) is 0 Å². The Morgan fingerprint density at radius 3 is 2.67 bits per heavy atom. The number of amides is 1. The molecule has 1 radical (unpaired) electrons. The lowest BCUT2D eigenvalue weighted by atomic mass is 10.2. The Bertz CT molecular complexity index is 408. The Labute approximate surface area is 120 Å². The zero-order valence-corrected chi connectivity index (χ0v) is 11.6. The van der Waals surface area contributed by atoms with Crippen molar-refractivity contribution in [3.63, 3.8) is 0 Å². The summed E-state index contributed by atoms with van der Waals surface area (Å²) >= 11 is 17.2. The third-order valence-electron chi connectivity index (χ3n) is 2.16. The normalized spacial score (nSPS) is 13.7. The van der Waals surface area contributed by atoms with Crippen molar-refractivity contribution >= 4 is 52.7 Å². The number of anilines is 1. The highest BCUT2D eigenvalue weighted by Gasteiger charge is 2.17. The van der Waals surface area contributed by atoms with Gasteiger partial charge in [-0.3, -0.25) is 4.79 Å². The summed E-state index contributed by atoms with van der Waals surface area (Å²) in [6.45, 7) is 0. The van der Waals surface area contributed by atoms with Crippen LogP contribution in [0.25, 0.3) is 0 Å². The first-order valence-corrected chi connectivity index (χ1v) is 6.49. The van der Waals surface area contributed by atoms with E-state index in [9.17, 15) is 9.59 Å². The van der Waals surface area contributed by atoms with E-state index in [2.05, 4.69) is 11.4 Å². The van der Waals surface area contributed by atoms with Crippen molar-refractivity contribution in [3.05, 3.63) is 29.3 Å². The van der Waals surface area contributed by atoms with Crippen LogP contribution in [0.5, 0.6) is 0 Å². The van der Waals surface area contributed by atoms with Crippen molar-refractivity contribution in [2.75, 3.05) is 5.32 Å². The van der Waals surface area contributed by atoms with Crippen LogP contribution in [-0.2, 0) is 9.59 Å². The van der Waals surface area contributed by atoms with Crippen LogP contribution in [0.1, 0.15) is 12.8 Å². The van der Waals surface area contributed by atoms with Crippen LogP contribution in [0, 0.1) is 6.07 Å². The molecule has 1 aromatic carbocycles. The molecular formula is C12H11Cl3NO2. The molecule has 0 aliphatic heterocycles. The average Bonchev–Trinajstić information content (AvgIpc) is 2.38. The summed E-state index contributed by atoms with van der Waals surface area (Å²) in [7, 11) is 0. The van der Waals surface area contributed by atoms with Gasteiger partial charge in [0.05, 0.1) is 5.38 Å². The monoisotopic (exact) mass is 306 g/mol. The molecule has 18 heavy (non-hydrogen) atoms. The molecule has 6 heteroatoms. The lowest BCUT2D eigenvalue weighted by Gasteiger charge is -2.10. The molecule has 0 spiro atoms. The van der Waals surface area contributed by atoms with Gasteiger partial charge in [0.1, 0.15) is 11.7 Å². The molecule has 1 N–H and O–H groups in total. The molecule has 97 valence electrons. The van der Waals surface area contributed by atoms with Gasteiger partial charge in [0.15, 0.2) is 0 Å². The number of hydrogen-bond acceptors (Lipinski definition) is 2. The Kier molecular flexibility index (Phi) is 6.47. The highest BCUT2D eigenvalue weighted by Crippen LogP contribution is 2.16. The fraction of sp³-hybridized carbons (Fsp3) is 0.333. The van der Waals surface area contributed by atoms with Crippen LogP contribution in [0.2, 0.25) is 5.02 Å². The van der Waals surface area contributed by atoms with E-state index in [0.29, 0.717) is 29.8 Å². The SMILES string of the molecule is O=CC(Cl)CCC(Cl)C(=O)Nc1[c]cc(Cl)cc1. The van der Waals surface area contributed by atoms with E-state index in [0.717, 1.165) is 0 Å². The third-order valence-corrected chi connectivity index (χ3v) is 3.13. The molecule has 1 amide bonds. The fourth-order valence-electron chi connectivity index (χ4n) is 1.20. The fourth-order valence-corrected chi connectivity index (χ4v) is 1.62. The van der Waals surface area contributed by atoms with E-state index < -0.39 is 10.8 Å². The highest BCUT2D eigenvalue weighted by atomic mass is 35.5. The quantitative estimate of drug-likeness (QED) is 0.647. The van der Waals surface area contributed by atoms with Crippen molar-refractivity contribution in [2.24, 2.45) is 0 Å². The summed E-state index contributed by atoms with van der Waals surface area (Å²) in [6.07, 6.45) is 1.31. The van der Waals surface area contributed by atoms with E-state index in [1.807, 2.05) is 0 Å². The number of hydrogen-bond donors (Lipinski definition) is 1. The van der Waals surface area contributed by atoms with E-state index in [4.69, 9.17) is 34.8 Å². The minimum atomic E-state index is -0.740. The molecule has 0 saturated heterocycles. The molecule has 0 aliphatic rings. The second-order valence-corrected chi connectivity index (χ2v) is 5.13. The second kappa shape index (κ2) is 7.62. The summed E-state index contributed by atoms with van der Waals surface area (Å²) in [4.78, 5) is 22.0.